The zero-order valence-electron chi connectivity index (χ0n) is 13.2. The number of benzene rings is 1. The van der Waals surface area contributed by atoms with Gasteiger partial charge in [-0.25, -0.2) is 0 Å². The van der Waals surface area contributed by atoms with Gasteiger partial charge in [-0.15, -0.1) is 0 Å². The zero-order valence-corrected chi connectivity index (χ0v) is 13.9. The average molecular weight is 340 g/mol. The molecule has 0 amide bonds. The molecular formula is C17H14ClN5O. The molecule has 0 aliphatic heterocycles. The molecule has 7 heteroatoms. The molecule has 0 atom stereocenters. The largest absolute Gasteiger partial charge is 0.424 e. The lowest BCUT2D eigenvalue weighted by Gasteiger charge is -2.06. The number of rotatable bonds is 3. The monoisotopic (exact) mass is 339 g/mol. The summed E-state index contributed by atoms with van der Waals surface area (Å²) in [6.45, 7) is 3.93. The van der Waals surface area contributed by atoms with Gasteiger partial charge in [-0.3, -0.25) is 9.97 Å². The summed E-state index contributed by atoms with van der Waals surface area (Å²) in [5.74, 6) is 0.607. The van der Waals surface area contributed by atoms with Crippen LogP contribution in [0.2, 0.25) is 5.02 Å². The van der Waals surface area contributed by atoms with Gasteiger partial charge in [0, 0.05) is 24.2 Å². The van der Waals surface area contributed by atoms with E-state index in [1.54, 1.807) is 12.4 Å². The Morgan fingerprint density at radius 1 is 1.12 bits per heavy atom. The number of aromatic amines is 1. The highest BCUT2D eigenvalue weighted by atomic mass is 35.5. The minimum absolute atomic E-state index is 0.267. The van der Waals surface area contributed by atoms with Gasteiger partial charge in [0.2, 0.25) is 0 Å². The van der Waals surface area contributed by atoms with Gasteiger partial charge in [0.1, 0.15) is 11.4 Å². The molecule has 24 heavy (non-hydrogen) atoms. The molecule has 6 nitrogen and oxygen atoms in total. The maximum absolute atomic E-state index is 6.37. The van der Waals surface area contributed by atoms with Gasteiger partial charge in [0.05, 0.1) is 27.1 Å². The van der Waals surface area contributed by atoms with E-state index in [0.29, 0.717) is 16.4 Å². The highest BCUT2D eigenvalue weighted by molar-refractivity contribution is 6.36. The number of halogens is 1. The van der Waals surface area contributed by atoms with E-state index < -0.39 is 0 Å². The van der Waals surface area contributed by atoms with Crippen LogP contribution in [0.1, 0.15) is 18.3 Å². The number of nitrogens with zero attached hydrogens (tertiary/aromatic N) is 4. The third kappa shape index (κ3) is 2.45. The van der Waals surface area contributed by atoms with Crippen molar-refractivity contribution in [2.24, 2.45) is 0 Å². The summed E-state index contributed by atoms with van der Waals surface area (Å²) in [4.78, 5) is 20.6. The van der Waals surface area contributed by atoms with Crippen molar-refractivity contribution in [1.29, 1.82) is 0 Å². The van der Waals surface area contributed by atoms with Gasteiger partial charge in [-0.05, 0) is 25.5 Å². The van der Waals surface area contributed by atoms with Crippen molar-refractivity contribution in [3.63, 3.8) is 0 Å². The normalized spacial score (nSPS) is 11.3. The van der Waals surface area contributed by atoms with Crippen molar-refractivity contribution in [2.45, 2.75) is 20.3 Å². The Morgan fingerprint density at radius 3 is 2.71 bits per heavy atom. The van der Waals surface area contributed by atoms with E-state index in [1.165, 1.54) is 0 Å². The predicted octanol–water partition coefficient (Wildman–Crippen LogP) is 4.22. The van der Waals surface area contributed by atoms with Crippen LogP contribution in [-0.2, 0) is 6.42 Å². The van der Waals surface area contributed by atoms with Crippen molar-refractivity contribution in [2.75, 3.05) is 0 Å². The van der Waals surface area contributed by atoms with Crippen LogP contribution in [-0.4, -0.2) is 24.9 Å². The molecule has 0 aliphatic carbocycles. The molecule has 1 N–H and O–H groups in total. The smallest absolute Gasteiger partial charge is 0.324 e. The van der Waals surface area contributed by atoms with Gasteiger partial charge in [-0.2, -0.15) is 9.97 Å². The zero-order chi connectivity index (χ0) is 16.7. The molecule has 0 saturated heterocycles. The first-order valence-corrected chi connectivity index (χ1v) is 7.97. The molecular weight excluding hydrogens is 326 g/mol. The minimum atomic E-state index is 0.267. The van der Waals surface area contributed by atoms with Crippen LogP contribution in [0.15, 0.2) is 30.6 Å². The molecule has 1 aromatic carbocycles. The van der Waals surface area contributed by atoms with E-state index in [9.17, 15) is 0 Å². The third-order valence-corrected chi connectivity index (χ3v) is 4.24. The van der Waals surface area contributed by atoms with Crippen LogP contribution in [0.4, 0.5) is 0 Å². The first-order valence-electron chi connectivity index (χ1n) is 7.59. The number of aromatic nitrogens is 5. The Balaban J connectivity index is 1.75. The summed E-state index contributed by atoms with van der Waals surface area (Å²) < 4.78 is 5.81. The number of fused-ring (bicyclic) bond motifs is 2. The summed E-state index contributed by atoms with van der Waals surface area (Å²) >= 11 is 6.37. The fourth-order valence-electron chi connectivity index (χ4n) is 2.65. The topological polar surface area (TPSA) is 76.6 Å². The highest BCUT2D eigenvalue weighted by Gasteiger charge is 2.15. The fourth-order valence-corrected chi connectivity index (χ4v) is 3.06. The second-order valence-electron chi connectivity index (χ2n) is 5.40. The number of ether oxygens (including phenoxy) is 1. The van der Waals surface area contributed by atoms with Crippen molar-refractivity contribution in [3.05, 3.63) is 47.0 Å². The Kier molecular flexibility index (Phi) is 3.54. The van der Waals surface area contributed by atoms with Crippen LogP contribution in [0, 0.1) is 6.92 Å². The molecule has 3 aromatic heterocycles. The Labute approximate surface area is 142 Å². The summed E-state index contributed by atoms with van der Waals surface area (Å²) in [6.07, 6.45) is 4.10. The van der Waals surface area contributed by atoms with Crippen LogP contribution < -0.4 is 4.74 Å². The van der Waals surface area contributed by atoms with E-state index in [-0.39, 0.29) is 6.01 Å². The first-order chi connectivity index (χ1) is 11.7. The molecule has 4 rings (SSSR count). The lowest BCUT2D eigenvalue weighted by Crippen LogP contribution is -1.95. The average Bonchev–Trinajstić information content (AvgIpc) is 2.91. The van der Waals surface area contributed by atoms with Crippen LogP contribution in [0.25, 0.3) is 22.1 Å². The molecule has 4 aromatic rings. The summed E-state index contributed by atoms with van der Waals surface area (Å²) in [5, 5.41) is 1.52. The fraction of sp³-hybridized carbons (Fsp3) is 0.176. The first kappa shape index (κ1) is 14.8. The third-order valence-electron chi connectivity index (χ3n) is 3.83. The van der Waals surface area contributed by atoms with Gasteiger partial charge in [0.15, 0.2) is 0 Å². The summed E-state index contributed by atoms with van der Waals surface area (Å²) in [6, 6.07) is 5.75. The van der Waals surface area contributed by atoms with Gasteiger partial charge < -0.3 is 9.72 Å². The van der Waals surface area contributed by atoms with E-state index in [0.717, 1.165) is 34.2 Å². The number of nitrogens with one attached hydrogen (secondary N) is 1. The van der Waals surface area contributed by atoms with E-state index in [4.69, 9.17) is 16.3 Å². The van der Waals surface area contributed by atoms with Crippen molar-refractivity contribution >= 4 is 33.7 Å². The van der Waals surface area contributed by atoms with Gasteiger partial charge >= 0.3 is 6.01 Å². The van der Waals surface area contributed by atoms with Crippen LogP contribution in [0.3, 0.4) is 0 Å². The summed E-state index contributed by atoms with van der Waals surface area (Å²) in [7, 11) is 0. The van der Waals surface area contributed by atoms with E-state index in [1.807, 2.05) is 32.0 Å². The van der Waals surface area contributed by atoms with Gasteiger partial charge in [-0.1, -0.05) is 18.5 Å². The number of aryl methyl sites for hydroxylation is 2. The number of hydrogen-bond acceptors (Lipinski definition) is 5. The lowest BCUT2D eigenvalue weighted by molar-refractivity contribution is 0.443. The molecule has 3 heterocycles. The van der Waals surface area contributed by atoms with Gasteiger partial charge in [0.25, 0.3) is 0 Å². The molecule has 0 saturated carbocycles. The molecule has 0 unspecified atom stereocenters. The summed E-state index contributed by atoms with van der Waals surface area (Å²) in [5.41, 5.74) is 3.96. The second-order valence-corrected chi connectivity index (χ2v) is 5.77. The standard InChI is InChI=1S/C17H14ClN5O/c1-3-11-15(18)14-9(2)21-17(23-16(14)22-11)24-10-4-5-12-13(8-10)20-7-6-19-12/h4-8H,3H2,1-2H3,(H,21,22,23). The Hall–Kier alpha value is -2.73. The molecule has 120 valence electrons. The predicted molar refractivity (Wildman–Crippen MR) is 92.6 cm³/mol. The quantitative estimate of drug-likeness (QED) is 0.604. The maximum Gasteiger partial charge on any atom is 0.324 e. The molecule has 0 fully saturated rings. The molecule has 0 bridgehead atoms. The number of hydrogen-bond donors (Lipinski definition) is 1. The van der Waals surface area contributed by atoms with E-state index in [2.05, 4.69) is 24.9 Å². The Morgan fingerprint density at radius 2 is 1.92 bits per heavy atom. The molecule has 0 radical (unpaired) electrons. The van der Waals surface area contributed by atoms with Crippen molar-refractivity contribution in [1.82, 2.24) is 24.9 Å². The SMILES string of the molecule is CCc1[nH]c2nc(Oc3ccc4nccnc4c3)nc(C)c2c1Cl. The second kappa shape index (κ2) is 5.72. The molecule has 0 spiro atoms. The van der Waals surface area contributed by atoms with Crippen LogP contribution >= 0.6 is 11.6 Å². The Bertz CT molecular complexity index is 1060. The highest BCUT2D eigenvalue weighted by Crippen LogP contribution is 2.31. The van der Waals surface area contributed by atoms with Crippen molar-refractivity contribution in [3.8, 4) is 11.8 Å². The van der Waals surface area contributed by atoms with E-state index >= 15 is 0 Å². The maximum atomic E-state index is 6.37. The molecule has 0 aliphatic rings. The van der Waals surface area contributed by atoms with Crippen molar-refractivity contribution < 1.29 is 4.74 Å². The lowest BCUT2D eigenvalue weighted by atomic mass is 10.2. The number of H-pyrrole nitrogens is 1. The van der Waals surface area contributed by atoms with Crippen LogP contribution in [0.5, 0.6) is 11.8 Å². The minimum Gasteiger partial charge on any atom is -0.424 e.